The van der Waals surface area contributed by atoms with E-state index < -0.39 is 15.8 Å². The first-order chi connectivity index (χ1) is 11.3. The molecular weight excluding hydrogens is 353 g/mol. The van der Waals surface area contributed by atoms with Gasteiger partial charge in [-0.3, -0.25) is 0 Å². The van der Waals surface area contributed by atoms with Crippen LogP contribution in [0.3, 0.4) is 0 Å². The minimum Gasteiger partial charge on any atom is -0.305 e. The van der Waals surface area contributed by atoms with Crippen molar-refractivity contribution >= 4 is 27.3 Å². The van der Waals surface area contributed by atoms with Crippen molar-refractivity contribution in [1.82, 2.24) is 14.1 Å². The molecule has 3 rings (SSSR count). The lowest BCUT2D eigenvalue weighted by Gasteiger charge is -2.08. The molecule has 8 heteroatoms. The third kappa shape index (κ3) is 3.58. The molecule has 1 N–H and O–H groups in total. The summed E-state index contributed by atoms with van der Waals surface area (Å²) in [6.07, 6.45) is 3.97. The Labute approximate surface area is 144 Å². The van der Waals surface area contributed by atoms with Gasteiger partial charge in [-0.2, -0.15) is 0 Å². The second kappa shape index (κ2) is 6.51. The largest absolute Gasteiger partial charge is 0.305 e. The maximum Gasteiger partial charge on any atom is 0.240 e. The van der Waals surface area contributed by atoms with E-state index in [2.05, 4.69) is 9.71 Å². The van der Waals surface area contributed by atoms with Crippen LogP contribution in [0.1, 0.15) is 11.3 Å². The zero-order valence-electron chi connectivity index (χ0n) is 12.8. The standard InChI is InChI=1S/C16H15ClFN3O2S/c1-11-8-13(18)3-4-15(11)24(22,23)19-7-6-14-10-21-9-12(17)2-5-16(21)20-14/h2-5,8-10,19H,6-7H2,1H3. The first-order valence-corrected chi connectivity index (χ1v) is 9.10. The Morgan fingerprint density at radius 1 is 1.25 bits per heavy atom. The number of nitrogens with zero attached hydrogens (tertiary/aromatic N) is 2. The number of pyridine rings is 1. The minimum atomic E-state index is -3.69. The molecule has 0 saturated heterocycles. The maximum atomic E-state index is 13.1. The predicted molar refractivity (Wildman–Crippen MR) is 90.2 cm³/mol. The van der Waals surface area contributed by atoms with Crippen LogP contribution in [0.5, 0.6) is 0 Å². The fraction of sp³-hybridized carbons (Fsp3) is 0.188. The molecule has 0 aliphatic rings. The molecule has 1 aromatic carbocycles. The van der Waals surface area contributed by atoms with Gasteiger partial charge >= 0.3 is 0 Å². The Morgan fingerprint density at radius 3 is 2.79 bits per heavy atom. The van der Waals surface area contributed by atoms with Crippen LogP contribution < -0.4 is 4.72 Å². The van der Waals surface area contributed by atoms with Crippen molar-refractivity contribution < 1.29 is 12.8 Å². The van der Waals surface area contributed by atoms with Gasteiger partial charge < -0.3 is 4.40 Å². The highest BCUT2D eigenvalue weighted by atomic mass is 35.5. The molecule has 0 bridgehead atoms. The summed E-state index contributed by atoms with van der Waals surface area (Å²) in [5.41, 5.74) is 1.85. The van der Waals surface area contributed by atoms with Gasteiger partial charge in [0, 0.05) is 25.4 Å². The highest BCUT2D eigenvalue weighted by Gasteiger charge is 2.16. The average molecular weight is 368 g/mol. The summed E-state index contributed by atoms with van der Waals surface area (Å²) in [4.78, 5) is 4.47. The molecule has 0 aliphatic carbocycles. The molecule has 2 heterocycles. The number of fused-ring (bicyclic) bond motifs is 1. The van der Waals surface area contributed by atoms with E-state index in [1.807, 2.05) is 0 Å². The summed E-state index contributed by atoms with van der Waals surface area (Å²) in [6, 6.07) is 7.12. The van der Waals surface area contributed by atoms with Gasteiger partial charge in [0.15, 0.2) is 0 Å². The normalized spacial score (nSPS) is 12.0. The number of benzene rings is 1. The summed E-state index contributed by atoms with van der Waals surface area (Å²) < 4.78 is 42.0. The number of hydrogen-bond acceptors (Lipinski definition) is 3. The van der Waals surface area contributed by atoms with Crippen molar-refractivity contribution in [3.63, 3.8) is 0 Å². The topological polar surface area (TPSA) is 63.5 Å². The van der Waals surface area contributed by atoms with Gasteiger partial charge in [-0.15, -0.1) is 0 Å². The molecule has 5 nitrogen and oxygen atoms in total. The lowest BCUT2D eigenvalue weighted by atomic mass is 10.2. The third-order valence-electron chi connectivity index (χ3n) is 3.56. The Kier molecular flexibility index (Phi) is 4.58. The summed E-state index contributed by atoms with van der Waals surface area (Å²) >= 11 is 5.92. The quantitative estimate of drug-likeness (QED) is 0.754. The Bertz CT molecular complexity index is 1000. The number of aryl methyl sites for hydroxylation is 1. The van der Waals surface area contributed by atoms with Crippen LogP contribution in [-0.2, 0) is 16.4 Å². The van der Waals surface area contributed by atoms with Crippen molar-refractivity contribution in [2.75, 3.05) is 6.54 Å². The summed E-state index contributed by atoms with van der Waals surface area (Å²) in [7, 11) is -3.69. The van der Waals surface area contributed by atoms with Crippen molar-refractivity contribution in [1.29, 1.82) is 0 Å². The molecule has 0 spiro atoms. The van der Waals surface area contributed by atoms with Crippen molar-refractivity contribution in [2.24, 2.45) is 0 Å². The van der Waals surface area contributed by atoms with Gasteiger partial charge in [-0.1, -0.05) is 11.6 Å². The molecule has 0 radical (unpaired) electrons. The van der Waals surface area contributed by atoms with Crippen molar-refractivity contribution in [3.05, 3.63) is 64.8 Å². The fourth-order valence-electron chi connectivity index (χ4n) is 2.44. The number of aromatic nitrogens is 2. The van der Waals surface area contributed by atoms with Crippen LogP contribution in [0.4, 0.5) is 4.39 Å². The second-order valence-corrected chi connectivity index (χ2v) is 7.57. The first kappa shape index (κ1) is 16.9. The van der Waals surface area contributed by atoms with Gasteiger partial charge in [-0.05, 0) is 42.8 Å². The lowest BCUT2D eigenvalue weighted by Crippen LogP contribution is -2.26. The lowest BCUT2D eigenvalue weighted by molar-refractivity contribution is 0.579. The van der Waals surface area contributed by atoms with Crippen LogP contribution in [0.2, 0.25) is 5.02 Å². The van der Waals surface area contributed by atoms with Crippen molar-refractivity contribution in [2.45, 2.75) is 18.2 Å². The average Bonchev–Trinajstić information content (AvgIpc) is 2.88. The van der Waals surface area contributed by atoms with Crippen LogP contribution in [0.25, 0.3) is 5.65 Å². The number of sulfonamides is 1. The second-order valence-electron chi connectivity index (χ2n) is 5.40. The molecule has 24 heavy (non-hydrogen) atoms. The first-order valence-electron chi connectivity index (χ1n) is 7.24. The van der Waals surface area contributed by atoms with Crippen molar-refractivity contribution in [3.8, 4) is 0 Å². The highest BCUT2D eigenvalue weighted by Crippen LogP contribution is 2.16. The van der Waals surface area contributed by atoms with Crippen LogP contribution in [0, 0.1) is 12.7 Å². The number of halogens is 2. The number of nitrogens with one attached hydrogen (secondary N) is 1. The maximum absolute atomic E-state index is 13.1. The van der Waals surface area contributed by atoms with E-state index in [1.165, 1.54) is 12.1 Å². The summed E-state index contributed by atoms with van der Waals surface area (Å²) in [6.45, 7) is 1.75. The smallest absolute Gasteiger partial charge is 0.240 e. The zero-order chi connectivity index (χ0) is 17.3. The molecule has 0 unspecified atom stereocenters. The van der Waals surface area contributed by atoms with Crippen LogP contribution in [-0.4, -0.2) is 24.3 Å². The van der Waals surface area contributed by atoms with E-state index in [0.717, 1.165) is 17.4 Å². The van der Waals surface area contributed by atoms with E-state index in [-0.39, 0.29) is 11.4 Å². The summed E-state index contributed by atoms with van der Waals surface area (Å²) in [5.74, 6) is -0.463. The fourth-order valence-corrected chi connectivity index (χ4v) is 3.87. The Hall–Kier alpha value is -1.96. The monoisotopic (exact) mass is 367 g/mol. The highest BCUT2D eigenvalue weighted by molar-refractivity contribution is 7.89. The molecule has 126 valence electrons. The third-order valence-corrected chi connectivity index (χ3v) is 5.41. The molecular formula is C16H15ClFN3O2S. The van der Waals surface area contributed by atoms with Crippen LogP contribution in [0.15, 0.2) is 47.6 Å². The van der Waals surface area contributed by atoms with E-state index in [9.17, 15) is 12.8 Å². The molecule has 0 aliphatic heterocycles. The molecule has 2 aromatic heterocycles. The molecule has 0 atom stereocenters. The molecule has 0 amide bonds. The van der Waals surface area contributed by atoms with E-state index in [0.29, 0.717) is 17.0 Å². The molecule has 3 aromatic rings. The van der Waals surface area contributed by atoms with Gasteiger partial charge in [0.2, 0.25) is 10.0 Å². The van der Waals surface area contributed by atoms with Gasteiger partial charge in [0.1, 0.15) is 11.5 Å². The van der Waals surface area contributed by atoms with Gasteiger partial charge in [-0.25, -0.2) is 22.5 Å². The predicted octanol–water partition coefficient (Wildman–Crippen LogP) is 2.96. The van der Waals surface area contributed by atoms with Crippen LogP contribution >= 0.6 is 11.6 Å². The molecule has 0 fully saturated rings. The number of rotatable bonds is 5. The zero-order valence-corrected chi connectivity index (χ0v) is 14.4. The van der Waals surface area contributed by atoms with E-state index >= 15 is 0 Å². The number of hydrogen-bond donors (Lipinski definition) is 1. The van der Waals surface area contributed by atoms with E-state index in [4.69, 9.17) is 11.6 Å². The molecule has 0 saturated carbocycles. The summed E-state index contributed by atoms with van der Waals surface area (Å²) in [5, 5.41) is 0.596. The Balaban J connectivity index is 1.70. The minimum absolute atomic E-state index is 0.0747. The Morgan fingerprint density at radius 2 is 2.04 bits per heavy atom. The number of imidazole rings is 1. The van der Waals surface area contributed by atoms with Gasteiger partial charge in [0.25, 0.3) is 0 Å². The van der Waals surface area contributed by atoms with E-state index in [1.54, 1.807) is 35.9 Å². The van der Waals surface area contributed by atoms with Gasteiger partial charge in [0.05, 0.1) is 15.6 Å². The SMILES string of the molecule is Cc1cc(F)ccc1S(=O)(=O)NCCc1cn2cc(Cl)ccc2n1.